The first-order valence-electron chi connectivity index (χ1n) is 7.62. The normalized spacial score (nSPS) is 10.3. The Hall–Kier alpha value is -4.01. The lowest BCUT2D eigenvalue weighted by atomic mass is 10.1. The van der Waals surface area contributed by atoms with Crippen LogP contribution in [0, 0.1) is 10.1 Å². The fourth-order valence-corrected chi connectivity index (χ4v) is 2.01. The van der Waals surface area contributed by atoms with Gasteiger partial charge in [-0.1, -0.05) is 18.2 Å². The number of nitrogens with one attached hydrogen (secondary N) is 2. The van der Waals surface area contributed by atoms with Gasteiger partial charge in [-0.3, -0.25) is 30.6 Å². The van der Waals surface area contributed by atoms with Gasteiger partial charge in [0.25, 0.3) is 17.5 Å². The minimum Gasteiger partial charge on any atom is -0.465 e. The lowest BCUT2D eigenvalue weighted by Gasteiger charge is -2.05. The van der Waals surface area contributed by atoms with Crippen molar-refractivity contribution in [3.05, 3.63) is 81.4 Å². The number of carbonyl (C=O) groups excluding carboxylic acids is 3. The van der Waals surface area contributed by atoms with E-state index in [-0.39, 0.29) is 11.3 Å². The number of rotatable bonds is 5. The molecule has 2 rings (SSSR count). The van der Waals surface area contributed by atoms with Gasteiger partial charge in [-0.05, 0) is 29.8 Å². The third-order valence-electron chi connectivity index (χ3n) is 3.38. The van der Waals surface area contributed by atoms with E-state index in [1.807, 2.05) is 0 Å². The maximum absolute atomic E-state index is 11.9. The van der Waals surface area contributed by atoms with Crippen molar-refractivity contribution in [1.82, 2.24) is 10.9 Å². The number of esters is 1. The second-order valence-corrected chi connectivity index (χ2v) is 5.20. The van der Waals surface area contributed by atoms with E-state index in [1.165, 1.54) is 37.5 Å². The smallest absolute Gasteiger partial charge is 0.337 e. The summed E-state index contributed by atoms with van der Waals surface area (Å²) < 4.78 is 4.59. The van der Waals surface area contributed by atoms with E-state index < -0.39 is 22.7 Å². The molecule has 9 nitrogen and oxygen atoms in total. The number of amides is 2. The van der Waals surface area contributed by atoms with E-state index in [1.54, 1.807) is 24.3 Å². The van der Waals surface area contributed by atoms with E-state index in [2.05, 4.69) is 15.6 Å². The Morgan fingerprint density at radius 3 is 2.37 bits per heavy atom. The Kier molecular flexibility index (Phi) is 6.37. The number of hydrogen-bond donors (Lipinski definition) is 2. The molecule has 0 bridgehead atoms. The number of nitrogens with zero attached hydrogens (tertiary/aromatic N) is 1. The van der Waals surface area contributed by atoms with Crippen molar-refractivity contribution in [2.75, 3.05) is 7.11 Å². The van der Waals surface area contributed by atoms with Crippen LogP contribution >= 0.6 is 0 Å². The van der Waals surface area contributed by atoms with Crippen molar-refractivity contribution >= 4 is 29.5 Å². The number of hydrogen-bond acceptors (Lipinski definition) is 6. The highest BCUT2D eigenvalue weighted by Crippen LogP contribution is 2.12. The van der Waals surface area contributed by atoms with Gasteiger partial charge < -0.3 is 4.74 Å². The molecule has 2 amide bonds. The summed E-state index contributed by atoms with van der Waals surface area (Å²) in [5.41, 5.74) is 5.16. The number of nitro groups is 1. The third-order valence-corrected chi connectivity index (χ3v) is 3.38. The first-order valence-corrected chi connectivity index (χ1v) is 7.62. The summed E-state index contributed by atoms with van der Waals surface area (Å²) in [4.78, 5) is 45.1. The molecule has 0 saturated carbocycles. The number of methoxy groups -OCH3 is 1. The fraction of sp³-hybridized carbons (Fsp3) is 0.0556. The molecule has 9 heteroatoms. The average Bonchev–Trinajstić information content (AvgIpc) is 2.70. The predicted molar refractivity (Wildman–Crippen MR) is 95.5 cm³/mol. The highest BCUT2D eigenvalue weighted by molar-refractivity contribution is 5.98. The highest BCUT2D eigenvalue weighted by Gasteiger charge is 2.11. The Morgan fingerprint density at radius 2 is 1.74 bits per heavy atom. The summed E-state index contributed by atoms with van der Waals surface area (Å²) >= 11 is 0. The van der Waals surface area contributed by atoms with Gasteiger partial charge in [0, 0.05) is 23.8 Å². The van der Waals surface area contributed by atoms with Crippen LogP contribution in [0.1, 0.15) is 26.3 Å². The van der Waals surface area contributed by atoms with Gasteiger partial charge in [-0.2, -0.15) is 0 Å². The topological polar surface area (TPSA) is 128 Å². The SMILES string of the molecule is COC(=O)c1ccc(/C=C/C(=O)NNC(=O)c2cccc([N+](=O)[O-])c2)cc1. The summed E-state index contributed by atoms with van der Waals surface area (Å²) in [7, 11) is 1.28. The minimum atomic E-state index is -0.692. The molecule has 0 aliphatic rings. The lowest BCUT2D eigenvalue weighted by Crippen LogP contribution is -2.40. The molecular formula is C18H15N3O6. The largest absolute Gasteiger partial charge is 0.465 e. The van der Waals surface area contributed by atoms with Crippen molar-refractivity contribution in [1.29, 1.82) is 0 Å². The van der Waals surface area contributed by atoms with Crippen LogP contribution in [0.25, 0.3) is 6.08 Å². The summed E-state index contributed by atoms with van der Waals surface area (Å²) in [5, 5.41) is 10.7. The zero-order valence-electron chi connectivity index (χ0n) is 14.2. The summed E-state index contributed by atoms with van der Waals surface area (Å²) in [6.07, 6.45) is 2.66. The van der Waals surface area contributed by atoms with Crippen molar-refractivity contribution in [2.45, 2.75) is 0 Å². The first-order chi connectivity index (χ1) is 12.9. The molecule has 0 spiro atoms. The van der Waals surface area contributed by atoms with Crippen molar-refractivity contribution in [3.8, 4) is 0 Å². The van der Waals surface area contributed by atoms with Crippen LogP contribution in [0.15, 0.2) is 54.6 Å². The van der Waals surface area contributed by atoms with Gasteiger partial charge in [0.2, 0.25) is 0 Å². The van der Waals surface area contributed by atoms with Crippen LogP contribution in [0.3, 0.4) is 0 Å². The fourth-order valence-electron chi connectivity index (χ4n) is 2.01. The van der Waals surface area contributed by atoms with Crippen LogP contribution in [-0.4, -0.2) is 29.8 Å². The minimum absolute atomic E-state index is 0.0341. The molecule has 2 aromatic rings. The van der Waals surface area contributed by atoms with Crippen LogP contribution in [0.2, 0.25) is 0 Å². The van der Waals surface area contributed by atoms with Crippen LogP contribution in [0.4, 0.5) is 5.69 Å². The molecule has 0 aromatic heterocycles. The molecule has 0 aliphatic carbocycles. The zero-order valence-corrected chi connectivity index (χ0v) is 14.2. The Bertz CT molecular complexity index is 906. The highest BCUT2D eigenvalue weighted by atomic mass is 16.6. The van der Waals surface area contributed by atoms with Crippen LogP contribution in [-0.2, 0) is 9.53 Å². The van der Waals surface area contributed by atoms with Gasteiger partial charge in [0.15, 0.2) is 0 Å². The Labute approximate surface area is 153 Å². The van der Waals surface area contributed by atoms with Crippen LogP contribution in [0.5, 0.6) is 0 Å². The molecule has 0 saturated heterocycles. The second-order valence-electron chi connectivity index (χ2n) is 5.20. The number of non-ortho nitro benzene ring substituents is 1. The zero-order chi connectivity index (χ0) is 19.8. The molecule has 0 atom stereocenters. The maximum Gasteiger partial charge on any atom is 0.337 e. The van der Waals surface area contributed by atoms with Crippen molar-refractivity contribution in [2.24, 2.45) is 0 Å². The molecule has 27 heavy (non-hydrogen) atoms. The van der Waals surface area contributed by atoms with E-state index in [0.717, 1.165) is 6.07 Å². The summed E-state index contributed by atoms with van der Waals surface area (Å²) in [6, 6.07) is 11.4. The molecule has 0 radical (unpaired) electrons. The molecule has 0 unspecified atom stereocenters. The van der Waals surface area contributed by atoms with Gasteiger partial charge >= 0.3 is 5.97 Å². The van der Waals surface area contributed by atoms with E-state index in [9.17, 15) is 24.5 Å². The summed E-state index contributed by atoms with van der Waals surface area (Å²) in [6.45, 7) is 0. The molecule has 0 fully saturated rings. The number of ether oxygens (including phenoxy) is 1. The Morgan fingerprint density at radius 1 is 1.04 bits per heavy atom. The lowest BCUT2D eigenvalue weighted by molar-refractivity contribution is -0.384. The maximum atomic E-state index is 11.9. The van der Waals surface area contributed by atoms with E-state index in [0.29, 0.717) is 11.1 Å². The van der Waals surface area contributed by atoms with Gasteiger partial charge in [0.05, 0.1) is 17.6 Å². The number of nitro benzene ring substituents is 1. The molecule has 2 aromatic carbocycles. The quantitative estimate of drug-likeness (QED) is 0.358. The number of hydrazine groups is 1. The van der Waals surface area contributed by atoms with E-state index in [4.69, 9.17) is 0 Å². The monoisotopic (exact) mass is 369 g/mol. The number of carbonyl (C=O) groups is 3. The number of benzene rings is 2. The van der Waals surface area contributed by atoms with Crippen LogP contribution < -0.4 is 10.9 Å². The predicted octanol–water partition coefficient (Wildman–Crippen LogP) is 1.86. The van der Waals surface area contributed by atoms with Crippen molar-refractivity contribution < 1.29 is 24.0 Å². The van der Waals surface area contributed by atoms with Gasteiger partial charge in [0.1, 0.15) is 0 Å². The molecule has 2 N–H and O–H groups in total. The summed E-state index contributed by atoms with van der Waals surface area (Å²) in [5.74, 6) is -1.76. The first kappa shape index (κ1) is 19.3. The molecular weight excluding hydrogens is 354 g/mol. The Balaban J connectivity index is 1.91. The average molecular weight is 369 g/mol. The van der Waals surface area contributed by atoms with E-state index >= 15 is 0 Å². The second kappa shape index (κ2) is 8.90. The molecule has 0 aliphatic heterocycles. The van der Waals surface area contributed by atoms with Crippen molar-refractivity contribution in [3.63, 3.8) is 0 Å². The van der Waals surface area contributed by atoms with Gasteiger partial charge in [-0.25, -0.2) is 4.79 Å². The third kappa shape index (κ3) is 5.49. The van der Waals surface area contributed by atoms with Gasteiger partial charge in [-0.15, -0.1) is 0 Å². The molecule has 0 heterocycles. The molecule has 138 valence electrons. The standard InChI is InChI=1S/C18H15N3O6/c1-27-18(24)13-8-5-12(6-9-13)7-10-16(22)19-20-17(23)14-3-2-4-15(11-14)21(25)26/h2-11H,1H3,(H,19,22)(H,20,23)/b10-7+.